The maximum atomic E-state index is 13.1. The summed E-state index contributed by atoms with van der Waals surface area (Å²) < 4.78 is 13.1. The van der Waals surface area contributed by atoms with Crippen molar-refractivity contribution >= 4 is 0 Å². The molecule has 0 atom stereocenters. The third-order valence-corrected chi connectivity index (χ3v) is 2.03. The summed E-state index contributed by atoms with van der Waals surface area (Å²) in [6.45, 7) is 0. The molecule has 0 bridgehead atoms. The summed E-state index contributed by atoms with van der Waals surface area (Å²) in [6.07, 6.45) is 1.40. The lowest BCUT2D eigenvalue weighted by Crippen LogP contribution is -2.05. The van der Waals surface area contributed by atoms with E-state index in [4.69, 9.17) is 5.26 Å². The van der Waals surface area contributed by atoms with Crippen molar-refractivity contribution in [3.05, 3.63) is 52.2 Å². The largest absolute Gasteiger partial charge is 0.268 e. The summed E-state index contributed by atoms with van der Waals surface area (Å²) in [6, 6.07) is 7.02. The fourth-order valence-corrected chi connectivity index (χ4v) is 1.35. The van der Waals surface area contributed by atoms with E-state index in [1.807, 2.05) is 6.07 Å². The van der Waals surface area contributed by atoms with Crippen molar-refractivity contribution < 1.29 is 4.39 Å². The Morgan fingerprint density at radius 1 is 1.25 bits per heavy atom. The summed E-state index contributed by atoms with van der Waals surface area (Å²) in [5.74, 6) is -0.519. The Bertz CT molecular complexity index is 628. The van der Waals surface area contributed by atoms with Gasteiger partial charge in [-0.15, -0.1) is 0 Å². The van der Waals surface area contributed by atoms with Crippen molar-refractivity contribution in [1.29, 1.82) is 5.26 Å². The molecule has 0 fully saturated rings. The van der Waals surface area contributed by atoms with E-state index < -0.39 is 5.82 Å². The highest BCUT2D eigenvalue weighted by Gasteiger charge is 2.03. The van der Waals surface area contributed by atoms with Crippen LogP contribution in [0.2, 0.25) is 0 Å². The number of halogens is 1. The highest BCUT2D eigenvalue weighted by molar-refractivity contribution is 5.63. The fourth-order valence-electron chi connectivity index (χ4n) is 1.35. The van der Waals surface area contributed by atoms with Gasteiger partial charge in [-0.2, -0.15) is 10.4 Å². The van der Waals surface area contributed by atoms with Crippen LogP contribution in [-0.4, -0.2) is 10.2 Å². The van der Waals surface area contributed by atoms with Crippen molar-refractivity contribution in [3.8, 4) is 17.2 Å². The normalized spacial score (nSPS) is 9.75. The number of hydrogen-bond acceptors (Lipinski definition) is 3. The second-order valence-electron chi connectivity index (χ2n) is 3.17. The third-order valence-electron chi connectivity index (χ3n) is 2.03. The molecule has 0 aliphatic carbocycles. The van der Waals surface area contributed by atoms with E-state index in [1.54, 1.807) is 0 Å². The van der Waals surface area contributed by atoms with Crippen molar-refractivity contribution in [2.45, 2.75) is 0 Å². The van der Waals surface area contributed by atoms with Crippen LogP contribution in [0.15, 0.2) is 35.3 Å². The summed E-state index contributed by atoms with van der Waals surface area (Å²) in [4.78, 5) is 11.0. The Morgan fingerprint density at radius 3 is 2.75 bits per heavy atom. The van der Waals surface area contributed by atoms with Gasteiger partial charge >= 0.3 is 0 Å². The number of rotatable bonds is 1. The predicted molar refractivity (Wildman–Crippen MR) is 55.0 cm³/mol. The minimum atomic E-state index is -0.519. The van der Waals surface area contributed by atoms with Gasteiger partial charge in [-0.25, -0.2) is 9.49 Å². The number of nitrogens with one attached hydrogen (secondary N) is 1. The fraction of sp³-hybridized carbons (Fsp3) is 0. The number of benzene rings is 1. The lowest BCUT2D eigenvalue weighted by molar-refractivity contribution is 0.628. The van der Waals surface area contributed by atoms with Crippen molar-refractivity contribution in [2.24, 2.45) is 0 Å². The molecule has 78 valence electrons. The number of hydrogen-bond donors (Lipinski definition) is 1. The molecule has 4 nitrogen and oxygen atoms in total. The maximum Gasteiger partial charge on any atom is 0.264 e. The smallest absolute Gasteiger partial charge is 0.264 e. The van der Waals surface area contributed by atoms with Gasteiger partial charge in [-0.05, 0) is 23.8 Å². The van der Waals surface area contributed by atoms with Crippen LogP contribution in [0.3, 0.4) is 0 Å². The monoisotopic (exact) mass is 215 g/mol. The SMILES string of the molecule is N#Cc1cc(F)cc(-c2cn[nH]c(=O)c2)c1. The lowest BCUT2D eigenvalue weighted by atomic mass is 10.1. The van der Waals surface area contributed by atoms with Gasteiger partial charge in [0.25, 0.3) is 5.56 Å². The zero-order valence-corrected chi connectivity index (χ0v) is 8.07. The van der Waals surface area contributed by atoms with Crippen LogP contribution in [0, 0.1) is 17.1 Å². The molecule has 5 heteroatoms. The van der Waals surface area contributed by atoms with Crippen molar-refractivity contribution in [1.82, 2.24) is 10.2 Å². The average molecular weight is 215 g/mol. The molecule has 0 spiro atoms. The van der Waals surface area contributed by atoms with E-state index in [0.717, 1.165) is 6.07 Å². The first-order chi connectivity index (χ1) is 7.69. The summed E-state index contributed by atoms with van der Waals surface area (Å²) in [5.41, 5.74) is 0.755. The molecule has 1 aromatic carbocycles. The molecule has 2 rings (SSSR count). The first-order valence-electron chi connectivity index (χ1n) is 4.45. The first-order valence-corrected chi connectivity index (χ1v) is 4.45. The van der Waals surface area contributed by atoms with Gasteiger partial charge in [0.15, 0.2) is 0 Å². The van der Waals surface area contributed by atoms with Gasteiger partial charge in [0, 0.05) is 11.6 Å². The van der Waals surface area contributed by atoms with Gasteiger partial charge in [-0.3, -0.25) is 4.79 Å². The molecule has 16 heavy (non-hydrogen) atoms. The van der Waals surface area contributed by atoms with Crippen LogP contribution in [-0.2, 0) is 0 Å². The Labute approximate surface area is 90.0 Å². The number of H-pyrrole nitrogens is 1. The minimum Gasteiger partial charge on any atom is -0.268 e. The van der Waals surface area contributed by atoms with E-state index in [9.17, 15) is 9.18 Å². The van der Waals surface area contributed by atoms with Gasteiger partial charge in [0.2, 0.25) is 0 Å². The second-order valence-corrected chi connectivity index (χ2v) is 3.17. The Kier molecular flexibility index (Phi) is 2.48. The van der Waals surface area contributed by atoms with E-state index in [1.165, 1.54) is 24.4 Å². The second kappa shape index (κ2) is 3.95. The van der Waals surface area contributed by atoms with E-state index in [-0.39, 0.29) is 11.1 Å². The maximum absolute atomic E-state index is 13.1. The molecule has 0 aliphatic heterocycles. The van der Waals surface area contributed by atoms with Crippen LogP contribution in [0.5, 0.6) is 0 Å². The molecule has 0 aliphatic rings. The van der Waals surface area contributed by atoms with Gasteiger partial charge in [0.05, 0.1) is 17.8 Å². The molecular weight excluding hydrogens is 209 g/mol. The van der Waals surface area contributed by atoms with Crippen LogP contribution >= 0.6 is 0 Å². The molecule has 1 aromatic heterocycles. The van der Waals surface area contributed by atoms with Crippen LogP contribution in [0.4, 0.5) is 4.39 Å². The Morgan fingerprint density at radius 2 is 2.06 bits per heavy atom. The highest BCUT2D eigenvalue weighted by atomic mass is 19.1. The summed E-state index contributed by atoms with van der Waals surface area (Å²) >= 11 is 0. The number of aromatic amines is 1. The average Bonchev–Trinajstić information content (AvgIpc) is 2.28. The molecule has 0 saturated heterocycles. The molecule has 0 amide bonds. The van der Waals surface area contributed by atoms with E-state index in [0.29, 0.717) is 11.1 Å². The van der Waals surface area contributed by atoms with E-state index >= 15 is 0 Å². The molecule has 2 aromatic rings. The van der Waals surface area contributed by atoms with Crippen LogP contribution < -0.4 is 5.56 Å². The van der Waals surface area contributed by atoms with Gasteiger partial charge in [-0.1, -0.05) is 0 Å². The molecule has 0 unspecified atom stereocenters. The lowest BCUT2D eigenvalue weighted by Gasteiger charge is -2.00. The predicted octanol–water partition coefficient (Wildman–Crippen LogP) is 1.45. The van der Waals surface area contributed by atoms with Crippen molar-refractivity contribution in [3.63, 3.8) is 0 Å². The van der Waals surface area contributed by atoms with Crippen LogP contribution in [0.1, 0.15) is 5.56 Å². The van der Waals surface area contributed by atoms with Crippen molar-refractivity contribution in [2.75, 3.05) is 0 Å². The molecular formula is C11H6FN3O. The Balaban J connectivity index is 2.61. The quantitative estimate of drug-likeness (QED) is 0.782. The molecule has 1 N–H and O–H groups in total. The highest BCUT2D eigenvalue weighted by Crippen LogP contribution is 2.19. The molecule has 0 saturated carbocycles. The molecule has 0 radical (unpaired) electrons. The summed E-state index contributed by atoms with van der Waals surface area (Å²) in [7, 11) is 0. The minimum absolute atomic E-state index is 0.204. The van der Waals surface area contributed by atoms with Gasteiger partial charge in [0.1, 0.15) is 5.82 Å². The topological polar surface area (TPSA) is 69.5 Å². The number of nitriles is 1. The summed E-state index contributed by atoms with van der Waals surface area (Å²) in [5, 5.41) is 14.5. The standard InChI is InChI=1S/C11H6FN3O/c12-10-2-7(5-13)1-8(3-10)9-4-11(16)15-14-6-9/h1-4,6H,(H,15,16). The first kappa shape index (κ1) is 10.1. The van der Waals surface area contributed by atoms with E-state index in [2.05, 4.69) is 10.2 Å². The van der Waals surface area contributed by atoms with Crippen LogP contribution in [0.25, 0.3) is 11.1 Å². The Hall–Kier alpha value is -2.48. The zero-order valence-electron chi connectivity index (χ0n) is 8.07. The molecule has 1 heterocycles. The number of nitrogens with zero attached hydrogens (tertiary/aromatic N) is 2. The number of aromatic nitrogens is 2. The van der Waals surface area contributed by atoms with Gasteiger partial charge < -0.3 is 0 Å². The third kappa shape index (κ3) is 1.96. The zero-order chi connectivity index (χ0) is 11.5.